The van der Waals surface area contributed by atoms with Crippen LogP contribution in [0.5, 0.6) is 11.5 Å². The van der Waals surface area contributed by atoms with Crippen LogP contribution in [0.3, 0.4) is 0 Å². The number of aliphatic carboxylic acids is 1. The molecule has 0 amide bonds. The van der Waals surface area contributed by atoms with Crippen LogP contribution in [-0.4, -0.2) is 37.8 Å². The maximum Gasteiger partial charge on any atom is 0.323 e. The Morgan fingerprint density at radius 3 is 2.81 bits per heavy atom. The summed E-state index contributed by atoms with van der Waals surface area (Å²) in [5.41, 5.74) is 0.517. The van der Waals surface area contributed by atoms with Gasteiger partial charge in [-0.2, -0.15) is 0 Å². The second-order valence-corrected chi connectivity index (χ2v) is 5.98. The van der Waals surface area contributed by atoms with E-state index in [-0.39, 0.29) is 22.8 Å². The number of carboxylic acids is 1. The van der Waals surface area contributed by atoms with Crippen LogP contribution in [0.25, 0.3) is 23.3 Å². The average molecular weight is 388 g/mol. The number of hydrogen-bond acceptors (Lipinski definition) is 6. The third-order valence-electron chi connectivity index (χ3n) is 3.71. The molecule has 2 N–H and O–H groups in total. The summed E-state index contributed by atoms with van der Waals surface area (Å²) >= 11 is 5.93. The Morgan fingerprint density at radius 2 is 2.11 bits per heavy atom. The van der Waals surface area contributed by atoms with Crippen LogP contribution in [0.2, 0.25) is 5.02 Å². The molecule has 3 rings (SSSR count). The lowest BCUT2D eigenvalue weighted by Gasteiger charge is -2.08. The molecule has 0 fully saturated rings. The number of phenols is 1. The molecule has 27 heavy (non-hydrogen) atoms. The van der Waals surface area contributed by atoms with Crippen LogP contribution in [-0.2, 0) is 11.3 Å². The molecule has 9 heteroatoms. The van der Waals surface area contributed by atoms with Crippen LogP contribution in [0.15, 0.2) is 35.3 Å². The number of carbonyl (C=O) groups is 1. The molecule has 0 atom stereocenters. The van der Waals surface area contributed by atoms with Gasteiger partial charge >= 0.3 is 5.97 Å². The predicted octanol–water partition coefficient (Wildman–Crippen LogP) is 2.41. The highest BCUT2D eigenvalue weighted by Gasteiger charge is 2.13. The van der Waals surface area contributed by atoms with Crippen molar-refractivity contribution in [1.29, 1.82) is 0 Å². The molecule has 1 aromatic carbocycles. The standard InChI is InChI=1S/C18H14ClN3O5/c1-27-15-6-10(3-5-14(15)23)2-4-12-18(26)22(9-16(24)25)17-13(21-12)7-11(19)8-20-17/h2-8,23H,9H2,1H3,(H,24,25)/b4-2+. The van der Waals surface area contributed by atoms with Gasteiger partial charge in [-0.3, -0.25) is 14.2 Å². The number of pyridine rings is 1. The molecular weight excluding hydrogens is 374 g/mol. The Kier molecular flexibility index (Phi) is 5.09. The van der Waals surface area contributed by atoms with Gasteiger partial charge in [0.1, 0.15) is 17.8 Å². The van der Waals surface area contributed by atoms with E-state index in [4.69, 9.17) is 21.4 Å². The lowest BCUT2D eigenvalue weighted by molar-refractivity contribution is -0.137. The molecule has 0 radical (unpaired) electrons. The van der Waals surface area contributed by atoms with E-state index in [0.29, 0.717) is 16.1 Å². The quantitative estimate of drug-likeness (QED) is 0.690. The maximum atomic E-state index is 12.7. The molecule has 0 saturated carbocycles. The minimum atomic E-state index is -1.18. The van der Waals surface area contributed by atoms with Crippen LogP contribution >= 0.6 is 11.6 Å². The van der Waals surface area contributed by atoms with E-state index in [1.165, 1.54) is 31.5 Å². The minimum Gasteiger partial charge on any atom is -0.504 e. The number of fused-ring (bicyclic) bond motifs is 1. The molecule has 138 valence electrons. The number of carboxylic acid groups (broad SMARTS) is 1. The van der Waals surface area contributed by atoms with E-state index in [2.05, 4.69) is 9.97 Å². The third-order valence-corrected chi connectivity index (χ3v) is 3.91. The Morgan fingerprint density at radius 1 is 1.33 bits per heavy atom. The number of aromatic nitrogens is 3. The monoisotopic (exact) mass is 387 g/mol. The zero-order valence-corrected chi connectivity index (χ0v) is 14.8. The number of aromatic hydroxyl groups is 1. The van der Waals surface area contributed by atoms with Gasteiger partial charge in [0.05, 0.1) is 12.1 Å². The van der Waals surface area contributed by atoms with Crippen LogP contribution in [0, 0.1) is 0 Å². The number of nitrogens with zero attached hydrogens (tertiary/aromatic N) is 3. The van der Waals surface area contributed by atoms with Crippen molar-refractivity contribution in [2.75, 3.05) is 7.11 Å². The zero-order chi connectivity index (χ0) is 19.6. The SMILES string of the molecule is COc1cc(/C=C/c2nc3cc(Cl)cnc3n(CC(=O)O)c2=O)ccc1O. The normalized spacial score (nSPS) is 11.2. The van der Waals surface area contributed by atoms with E-state index < -0.39 is 18.1 Å². The molecule has 0 saturated heterocycles. The molecule has 2 heterocycles. The van der Waals surface area contributed by atoms with Crippen molar-refractivity contribution >= 4 is 40.9 Å². The van der Waals surface area contributed by atoms with Gasteiger partial charge in [0, 0.05) is 6.20 Å². The molecule has 2 aromatic heterocycles. The van der Waals surface area contributed by atoms with Gasteiger partial charge in [-0.25, -0.2) is 9.97 Å². The topological polar surface area (TPSA) is 115 Å². The number of methoxy groups -OCH3 is 1. The van der Waals surface area contributed by atoms with Crippen molar-refractivity contribution in [2.24, 2.45) is 0 Å². The first-order chi connectivity index (χ1) is 12.9. The molecule has 8 nitrogen and oxygen atoms in total. The van der Waals surface area contributed by atoms with Crippen LogP contribution in [0.1, 0.15) is 11.3 Å². The van der Waals surface area contributed by atoms with Gasteiger partial charge in [-0.15, -0.1) is 0 Å². The molecule has 3 aromatic rings. The Hall–Kier alpha value is -3.39. The smallest absolute Gasteiger partial charge is 0.323 e. The van der Waals surface area contributed by atoms with Gasteiger partial charge in [0.2, 0.25) is 0 Å². The Labute approximate surface area is 158 Å². The van der Waals surface area contributed by atoms with Gasteiger partial charge in [0.15, 0.2) is 17.1 Å². The summed E-state index contributed by atoms with van der Waals surface area (Å²) in [4.78, 5) is 32.0. The van der Waals surface area contributed by atoms with E-state index in [1.807, 2.05) is 0 Å². The van der Waals surface area contributed by atoms with Crippen molar-refractivity contribution < 1.29 is 19.7 Å². The Bertz CT molecular complexity index is 1120. The summed E-state index contributed by atoms with van der Waals surface area (Å²) < 4.78 is 6.07. The van der Waals surface area contributed by atoms with E-state index >= 15 is 0 Å². The summed E-state index contributed by atoms with van der Waals surface area (Å²) in [6, 6.07) is 6.17. The first-order valence-corrected chi connectivity index (χ1v) is 8.10. The number of benzene rings is 1. The third kappa shape index (κ3) is 3.90. The van der Waals surface area contributed by atoms with Crippen molar-refractivity contribution in [3.05, 3.63) is 57.1 Å². The van der Waals surface area contributed by atoms with Crippen molar-refractivity contribution in [2.45, 2.75) is 6.54 Å². The van der Waals surface area contributed by atoms with Gasteiger partial charge in [0.25, 0.3) is 5.56 Å². The summed E-state index contributed by atoms with van der Waals surface area (Å²) in [7, 11) is 1.43. The first-order valence-electron chi connectivity index (χ1n) is 7.72. The largest absolute Gasteiger partial charge is 0.504 e. The summed E-state index contributed by atoms with van der Waals surface area (Å²) in [5.74, 6) is -0.912. The fourth-order valence-corrected chi connectivity index (χ4v) is 2.64. The fourth-order valence-electron chi connectivity index (χ4n) is 2.49. The molecule has 0 aliphatic carbocycles. The predicted molar refractivity (Wildman–Crippen MR) is 100 cm³/mol. The molecular formula is C18H14ClN3O5. The highest BCUT2D eigenvalue weighted by atomic mass is 35.5. The van der Waals surface area contributed by atoms with Crippen molar-refractivity contribution in [1.82, 2.24) is 14.5 Å². The number of ether oxygens (including phenoxy) is 1. The molecule has 0 aliphatic rings. The minimum absolute atomic E-state index is 0.0111. The zero-order valence-electron chi connectivity index (χ0n) is 14.1. The lowest BCUT2D eigenvalue weighted by Crippen LogP contribution is -2.27. The van der Waals surface area contributed by atoms with E-state index in [9.17, 15) is 14.7 Å². The summed E-state index contributed by atoms with van der Waals surface area (Å²) in [5, 5.41) is 19.1. The van der Waals surface area contributed by atoms with Crippen molar-refractivity contribution in [3.8, 4) is 11.5 Å². The Balaban J connectivity index is 2.12. The number of halogens is 1. The second-order valence-electron chi connectivity index (χ2n) is 5.54. The molecule has 0 bridgehead atoms. The second kappa shape index (κ2) is 7.46. The molecule has 0 spiro atoms. The lowest BCUT2D eigenvalue weighted by atomic mass is 10.1. The average Bonchev–Trinajstić information content (AvgIpc) is 2.63. The van der Waals surface area contributed by atoms with E-state index in [0.717, 1.165) is 4.57 Å². The van der Waals surface area contributed by atoms with E-state index in [1.54, 1.807) is 18.2 Å². The first kappa shape index (κ1) is 18.4. The maximum absolute atomic E-state index is 12.7. The summed E-state index contributed by atoms with van der Waals surface area (Å²) in [6.07, 6.45) is 4.37. The fraction of sp³-hybridized carbons (Fsp3) is 0.111. The number of phenolic OH excluding ortho intramolecular Hbond substituents is 1. The van der Waals surface area contributed by atoms with Crippen molar-refractivity contribution in [3.63, 3.8) is 0 Å². The highest BCUT2D eigenvalue weighted by Crippen LogP contribution is 2.27. The molecule has 0 aliphatic heterocycles. The highest BCUT2D eigenvalue weighted by molar-refractivity contribution is 6.31. The van der Waals surface area contributed by atoms with Gasteiger partial charge in [-0.05, 0) is 29.8 Å². The van der Waals surface area contributed by atoms with Gasteiger partial charge < -0.3 is 14.9 Å². The number of rotatable bonds is 5. The van der Waals surface area contributed by atoms with Gasteiger partial charge in [-0.1, -0.05) is 23.7 Å². The van der Waals surface area contributed by atoms with Crippen LogP contribution in [0.4, 0.5) is 0 Å². The molecule has 0 unspecified atom stereocenters. The number of hydrogen-bond donors (Lipinski definition) is 2. The van der Waals surface area contributed by atoms with Crippen LogP contribution < -0.4 is 10.3 Å². The summed E-state index contributed by atoms with van der Waals surface area (Å²) in [6.45, 7) is -0.555.